The second-order valence-corrected chi connectivity index (χ2v) is 4.45. The second kappa shape index (κ2) is 4.72. The average Bonchev–Trinajstić information content (AvgIpc) is 2.29. The lowest BCUT2D eigenvalue weighted by atomic mass is 9.77. The van der Waals surface area contributed by atoms with Gasteiger partial charge in [-0.2, -0.15) is 0 Å². The molecule has 1 heterocycles. The van der Waals surface area contributed by atoms with Crippen molar-refractivity contribution in [1.29, 1.82) is 0 Å². The highest BCUT2D eigenvalue weighted by Gasteiger charge is 2.39. The maximum atomic E-state index is 11.1. The van der Waals surface area contributed by atoms with Gasteiger partial charge < -0.3 is 14.8 Å². The van der Waals surface area contributed by atoms with Crippen LogP contribution in [0.3, 0.4) is 0 Å². The molecule has 16 heavy (non-hydrogen) atoms. The first-order valence-electron chi connectivity index (χ1n) is 5.83. The summed E-state index contributed by atoms with van der Waals surface area (Å²) in [5, 5.41) is 13.2. The van der Waals surface area contributed by atoms with Crippen molar-refractivity contribution in [1.82, 2.24) is 4.90 Å². The van der Waals surface area contributed by atoms with Crippen molar-refractivity contribution in [2.45, 2.75) is 38.1 Å². The second-order valence-electron chi connectivity index (χ2n) is 4.45. The molecule has 0 bridgehead atoms. The fourth-order valence-electron chi connectivity index (χ4n) is 2.93. The Balaban J connectivity index is 2.17. The number of likely N-dealkylation sites (tertiary alicyclic amines) is 1. The van der Waals surface area contributed by atoms with Gasteiger partial charge in [-0.25, -0.2) is 4.79 Å². The zero-order valence-electron chi connectivity index (χ0n) is 9.56. The zero-order chi connectivity index (χ0) is 11.5. The summed E-state index contributed by atoms with van der Waals surface area (Å²) < 4.78 is 0. The molecular formula is C11H18N2O3. The van der Waals surface area contributed by atoms with E-state index in [1.807, 2.05) is 0 Å². The third kappa shape index (κ3) is 1.99. The molecule has 2 atom stereocenters. The summed E-state index contributed by atoms with van der Waals surface area (Å²) in [6.45, 7) is 0.554. The van der Waals surface area contributed by atoms with Crippen molar-refractivity contribution in [2.75, 3.05) is 13.7 Å². The highest BCUT2D eigenvalue weighted by atomic mass is 16.6. The normalized spacial score (nSPS) is 32.3. The average molecular weight is 226 g/mol. The van der Waals surface area contributed by atoms with Crippen LogP contribution in [-0.4, -0.2) is 41.5 Å². The fraction of sp³-hybridized carbons (Fsp3) is 0.818. The van der Waals surface area contributed by atoms with Gasteiger partial charge in [0.25, 0.3) is 0 Å². The van der Waals surface area contributed by atoms with E-state index in [4.69, 9.17) is 9.94 Å². The van der Waals surface area contributed by atoms with Crippen LogP contribution in [0.5, 0.6) is 0 Å². The lowest BCUT2D eigenvalue weighted by Crippen LogP contribution is -2.52. The number of carboxylic acid groups (broad SMARTS) is 1. The summed E-state index contributed by atoms with van der Waals surface area (Å²) >= 11 is 0. The molecule has 2 fully saturated rings. The van der Waals surface area contributed by atoms with Crippen LogP contribution in [0.2, 0.25) is 0 Å². The van der Waals surface area contributed by atoms with E-state index in [1.165, 1.54) is 0 Å². The molecule has 1 N–H and O–H groups in total. The molecular weight excluding hydrogens is 208 g/mol. The van der Waals surface area contributed by atoms with Gasteiger partial charge in [-0.3, -0.25) is 0 Å². The van der Waals surface area contributed by atoms with Crippen LogP contribution in [0.1, 0.15) is 32.1 Å². The summed E-state index contributed by atoms with van der Waals surface area (Å²) in [6.07, 6.45) is 4.19. The Bertz CT molecular complexity index is 304. The largest absolute Gasteiger partial charge is 0.465 e. The van der Waals surface area contributed by atoms with Gasteiger partial charge >= 0.3 is 6.09 Å². The van der Waals surface area contributed by atoms with Crippen LogP contribution in [0.4, 0.5) is 4.79 Å². The fourth-order valence-corrected chi connectivity index (χ4v) is 2.93. The van der Waals surface area contributed by atoms with Crippen LogP contribution in [0.15, 0.2) is 5.16 Å². The molecule has 5 nitrogen and oxygen atoms in total. The van der Waals surface area contributed by atoms with Crippen LogP contribution in [0, 0.1) is 5.92 Å². The van der Waals surface area contributed by atoms with Crippen molar-refractivity contribution in [2.24, 2.45) is 11.1 Å². The molecule has 2 unspecified atom stereocenters. The molecule has 90 valence electrons. The van der Waals surface area contributed by atoms with Crippen molar-refractivity contribution in [3.63, 3.8) is 0 Å². The summed E-state index contributed by atoms with van der Waals surface area (Å²) in [7, 11) is 1.55. The van der Waals surface area contributed by atoms with E-state index in [0.29, 0.717) is 13.0 Å². The molecule has 0 radical (unpaired) electrons. The van der Waals surface area contributed by atoms with Gasteiger partial charge in [-0.1, -0.05) is 18.0 Å². The quantitative estimate of drug-likeness (QED) is 0.695. The predicted molar refractivity (Wildman–Crippen MR) is 59.5 cm³/mol. The van der Waals surface area contributed by atoms with Gasteiger partial charge in [0.2, 0.25) is 0 Å². The van der Waals surface area contributed by atoms with Gasteiger partial charge in [0, 0.05) is 24.9 Å². The molecule has 5 heteroatoms. The number of piperidine rings is 1. The minimum atomic E-state index is -0.798. The minimum absolute atomic E-state index is 0.119. The Morgan fingerprint density at radius 3 is 2.94 bits per heavy atom. The van der Waals surface area contributed by atoms with Gasteiger partial charge in [0.15, 0.2) is 0 Å². The molecule has 1 amide bonds. The number of fused-ring (bicyclic) bond motifs is 1. The Kier molecular flexibility index (Phi) is 3.31. The van der Waals surface area contributed by atoms with Crippen molar-refractivity contribution in [3.05, 3.63) is 0 Å². The van der Waals surface area contributed by atoms with Gasteiger partial charge in [-0.05, 0) is 12.8 Å². The maximum Gasteiger partial charge on any atom is 0.407 e. The molecule has 0 aromatic carbocycles. The third-order valence-electron chi connectivity index (χ3n) is 3.62. The van der Waals surface area contributed by atoms with Crippen molar-refractivity contribution in [3.8, 4) is 0 Å². The van der Waals surface area contributed by atoms with E-state index in [-0.39, 0.29) is 12.0 Å². The highest BCUT2D eigenvalue weighted by molar-refractivity contribution is 5.89. The van der Waals surface area contributed by atoms with Gasteiger partial charge in [0.05, 0.1) is 5.71 Å². The molecule has 1 saturated carbocycles. The zero-order valence-corrected chi connectivity index (χ0v) is 9.56. The number of nitrogens with zero attached hydrogens (tertiary/aromatic N) is 2. The summed E-state index contributed by atoms with van der Waals surface area (Å²) in [5.74, 6) is 0.276. The van der Waals surface area contributed by atoms with E-state index in [0.717, 1.165) is 31.4 Å². The van der Waals surface area contributed by atoms with E-state index >= 15 is 0 Å². The summed E-state index contributed by atoms with van der Waals surface area (Å²) in [4.78, 5) is 17.6. The Morgan fingerprint density at radius 1 is 1.50 bits per heavy atom. The number of carbonyl (C=O) groups is 1. The standard InChI is InChI=1S/C11H18N2O3/c1-16-12-9-6-7-13(11(14)15)10-5-3-2-4-8(9)10/h8,10H,2-7H2,1H3,(H,14,15). The van der Waals surface area contributed by atoms with Crippen LogP contribution < -0.4 is 0 Å². The van der Waals surface area contributed by atoms with Gasteiger partial charge in [0.1, 0.15) is 7.11 Å². The molecule has 2 aliphatic rings. The van der Waals surface area contributed by atoms with Crippen LogP contribution in [-0.2, 0) is 4.84 Å². The highest BCUT2D eigenvalue weighted by Crippen LogP contribution is 2.34. The van der Waals surface area contributed by atoms with Crippen LogP contribution >= 0.6 is 0 Å². The van der Waals surface area contributed by atoms with E-state index in [1.54, 1.807) is 12.0 Å². The first-order chi connectivity index (χ1) is 7.74. The van der Waals surface area contributed by atoms with E-state index in [9.17, 15) is 4.79 Å². The topological polar surface area (TPSA) is 62.1 Å². The lowest BCUT2D eigenvalue weighted by molar-refractivity contribution is 0.0900. The molecule has 0 spiro atoms. The van der Waals surface area contributed by atoms with Crippen molar-refractivity contribution >= 4 is 11.8 Å². The number of hydrogen-bond donors (Lipinski definition) is 1. The molecule has 1 aliphatic heterocycles. The first kappa shape index (κ1) is 11.2. The molecule has 2 rings (SSSR count). The SMILES string of the molecule is CON=C1CCN(C(=O)O)C2CCCCC12. The van der Waals surface area contributed by atoms with Crippen LogP contribution in [0.25, 0.3) is 0 Å². The first-order valence-corrected chi connectivity index (χ1v) is 5.83. The number of rotatable bonds is 1. The number of oxime groups is 1. The smallest absolute Gasteiger partial charge is 0.407 e. The summed E-state index contributed by atoms with van der Waals surface area (Å²) in [5.41, 5.74) is 1.05. The van der Waals surface area contributed by atoms with E-state index < -0.39 is 6.09 Å². The molecule has 0 aromatic heterocycles. The van der Waals surface area contributed by atoms with E-state index in [2.05, 4.69) is 5.16 Å². The molecule has 1 aliphatic carbocycles. The number of hydrogen-bond acceptors (Lipinski definition) is 3. The monoisotopic (exact) mass is 226 g/mol. The Labute approximate surface area is 95.1 Å². The third-order valence-corrected chi connectivity index (χ3v) is 3.62. The Morgan fingerprint density at radius 2 is 2.25 bits per heavy atom. The number of amides is 1. The molecule has 1 saturated heterocycles. The predicted octanol–water partition coefficient (Wildman–Crippen LogP) is 1.93. The minimum Gasteiger partial charge on any atom is -0.465 e. The van der Waals surface area contributed by atoms with Gasteiger partial charge in [-0.15, -0.1) is 0 Å². The lowest BCUT2D eigenvalue weighted by Gasteiger charge is -2.42. The molecule has 0 aromatic rings. The maximum absolute atomic E-state index is 11.1. The van der Waals surface area contributed by atoms with Crippen molar-refractivity contribution < 1.29 is 14.7 Å². The Hall–Kier alpha value is -1.26. The summed E-state index contributed by atoms with van der Waals surface area (Å²) in [6, 6.07) is 0.119.